The summed E-state index contributed by atoms with van der Waals surface area (Å²) in [5.41, 5.74) is 0.878. The molecule has 1 aromatic carbocycles. The van der Waals surface area contributed by atoms with Gasteiger partial charge in [0.05, 0.1) is 0 Å². The van der Waals surface area contributed by atoms with Gasteiger partial charge in [-0.15, -0.1) is 0 Å². The maximum absolute atomic E-state index is 5.57. The predicted octanol–water partition coefficient (Wildman–Crippen LogP) is 3.65. The van der Waals surface area contributed by atoms with Crippen molar-refractivity contribution in [1.82, 2.24) is 5.32 Å². The molecule has 0 unspecified atom stereocenters. The van der Waals surface area contributed by atoms with Crippen LogP contribution in [0.15, 0.2) is 29.4 Å². The molecule has 0 saturated carbocycles. The molecule has 0 aromatic heterocycles. The van der Waals surface area contributed by atoms with Crippen molar-refractivity contribution in [3.8, 4) is 5.75 Å². The maximum atomic E-state index is 5.57. The summed E-state index contributed by atoms with van der Waals surface area (Å²) < 4.78 is 5.57. The van der Waals surface area contributed by atoms with Gasteiger partial charge in [0, 0.05) is 12.2 Å². The van der Waals surface area contributed by atoms with Gasteiger partial charge >= 0.3 is 6.02 Å². The summed E-state index contributed by atoms with van der Waals surface area (Å²) >= 11 is 0. The molecule has 5 nitrogen and oxygen atoms in total. The van der Waals surface area contributed by atoms with Gasteiger partial charge in [-0.2, -0.15) is 4.89 Å². The highest BCUT2D eigenvalue weighted by Gasteiger charge is 2.12. The van der Waals surface area contributed by atoms with E-state index in [1.807, 2.05) is 32.9 Å². The lowest BCUT2D eigenvalue weighted by Crippen LogP contribution is -2.26. The number of oxime groups is 1. The van der Waals surface area contributed by atoms with Crippen LogP contribution in [0.1, 0.15) is 46.1 Å². The van der Waals surface area contributed by atoms with Crippen LogP contribution < -0.4 is 10.1 Å². The standard InChI is InChI=1S/C16H26N2O3/c1-6-7-8-13-9-11-14(12-10-13)19-15(17-5)18-21-20-16(2,3)4/h9-12H,6-8H2,1-5H3,(H,17,18). The average Bonchev–Trinajstić information content (AvgIpc) is 2.44. The average molecular weight is 294 g/mol. The number of benzene rings is 1. The molecule has 0 radical (unpaired) electrons. The summed E-state index contributed by atoms with van der Waals surface area (Å²) in [7, 11) is 1.70. The number of unbranched alkanes of at least 4 members (excludes halogenated alkanes) is 1. The number of nitrogens with one attached hydrogen (secondary N) is 1. The lowest BCUT2D eigenvalue weighted by molar-refractivity contribution is -0.350. The molecule has 1 rings (SSSR count). The van der Waals surface area contributed by atoms with Gasteiger partial charge in [-0.3, -0.25) is 0 Å². The van der Waals surface area contributed by atoms with Crippen LogP contribution in [0.25, 0.3) is 0 Å². The Kier molecular flexibility index (Phi) is 7.02. The van der Waals surface area contributed by atoms with Gasteiger partial charge in [0.1, 0.15) is 11.4 Å². The number of rotatable bonds is 6. The van der Waals surface area contributed by atoms with Crippen LogP contribution in [0.5, 0.6) is 5.75 Å². The van der Waals surface area contributed by atoms with Crippen LogP contribution in [0.3, 0.4) is 0 Å². The van der Waals surface area contributed by atoms with Gasteiger partial charge in [-0.1, -0.05) is 25.5 Å². The predicted molar refractivity (Wildman–Crippen MR) is 84.1 cm³/mol. The highest BCUT2D eigenvalue weighted by molar-refractivity contribution is 5.75. The Morgan fingerprint density at radius 2 is 1.86 bits per heavy atom. The SMILES string of the molecule is CCCCc1ccc(O/C(=N/OOC(C)(C)C)NC)cc1. The minimum atomic E-state index is -0.427. The van der Waals surface area contributed by atoms with Crippen molar-refractivity contribution in [1.29, 1.82) is 0 Å². The molecule has 5 heteroatoms. The molecular weight excluding hydrogens is 268 g/mol. The summed E-state index contributed by atoms with van der Waals surface area (Å²) in [4.78, 5) is 9.86. The van der Waals surface area contributed by atoms with Crippen molar-refractivity contribution in [2.75, 3.05) is 7.05 Å². The van der Waals surface area contributed by atoms with Crippen molar-refractivity contribution >= 4 is 6.02 Å². The van der Waals surface area contributed by atoms with E-state index in [1.165, 1.54) is 18.4 Å². The highest BCUT2D eigenvalue weighted by Crippen LogP contribution is 2.14. The van der Waals surface area contributed by atoms with Crippen LogP contribution in [0.2, 0.25) is 0 Å². The summed E-state index contributed by atoms with van der Waals surface area (Å²) in [5, 5.41) is 6.56. The van der Waals surface area contributed by atoms with Crippen LogP contribution in [-0.4, -0.2) is 18.7 Å². The fourth-order valence-corrected chi connectivity index (χ4v) is 1.50. The monoisotopic (exact) mass is 294 g/mol. The molecule has 0 fully saturated rings. The molecule has 0 aliphatic heterocycles. The quantitative estimate of drug-likeness (QED) is 0.376. The van der Waals surface area contributed by atoms with E-state index >= 15 is 0 Å². The zero-order chi connectivity index (χ0) is 15.7. The van der Waals surface area contributed by atoms with Crippen LogP contribution >= 0.6 is 0 Å². The first-order chi connectivity index (χ1) is 9.94. The third-order valence-electron chi connectivity index (χ3n) is 2.58. The Hall–Kier alpha value is -1.75. The van der Waals surface area contributed by atoms with E-state index in [4.69, 9.17) is 14.6 Å². The molecule has 21 heavy (non-hydrogen) atoms. The fourth-order valence-electron chi connectivity index (χ4n) is 1.50. The van der Waals surface area contributed by atoms with E-state index in [1.54, 1.807) is 7.05 Å². The Morgan fingerprint density at radius 3 is 2.38 bits per heavy atom. The fraction of sp³-hybridized carbons (Fsp3) is 0.562. The molecule has 0 heterocycles. The molecule has 0 amide bonds. The summed E-state index contributed by atoms with van der Waals surface area (Å²) in [6.45, 7) is 7.80. The molecule has 0 atom stereocenters. The Morgan fingerprint density at radius 1 is 1.19 bits per heavy atom. The lowest BCUT2D eigenvalue weighted by Gasteiger charge is -2.14. The second kappa shape index (κ2) is 8.52. The summed E-state index contributed by atoms with van der Waals surface area (Å²) in [6.07, 6.45) is 3.48. The van der Waals surface area contributed by atoms with E-state index in [2.05, 4.69) is 29.5 Å². The molecule has 0 bridgehead atoms. The van der Waals surface area contributed by atoms with Crippen LogP contribution in [0, 0.1) is 0 Å². The van der Waals surface area contributed by atoms with Gasteiger partial charge in [0.15, 0.2) is 0 Å². The van der Waals surface area contributed by atoms with Gasteiger partial charge in [0.2, 0.25) is 0 Å². The third kappa shape index (κ3) is 7.56. The first-order valence-electron chi connectivity index (χ1n) is 7.32. The van der Waals surface area contributed by atoms with Crippen LogP contribution in [-0.2, 0) is 16.3 Å². The van der Waals surface area contributed by atoms with Crippen LogP contribution in [0.4, 0.5) is 0 Å². The number of amidine groups is 1. The zero-order valence-electron chi connectivity index (χ0n) is 13.6. The maximum Gasteiger partial charge on any atom is 0.333 e. The normalized spacial score (nSPS) is 12.1. The number of ether oxygens (including phenoxy) is 1. The molecule has 1 aromatic rings. The second-order valence-electron chi connectivity index (χ2n) is 5.77. The topological polar surface area (TPSA) is 52.1 Å². The minimum Gasteiger partial charge on any atom is -0.424 e. The second-order valence-corrected chi connectivity index (χ2v) is 5.77. The van der Waals surface area contributed by atoms with Crippen molar-refractivity contribution in [3.05, 3.63) is 29.8 Å². The van der Waals surface area contributed by atoms with Gasteiger partial charge in [0.25, 0.3) is 0 Å². The lowest BCUT2D eigenvalue weighted by atomic mass is 10.1. The van der Waals surface area contributed by atoms with Gasteiger partial charge < -0.3 is 10.1 Å². The van der Waals surface area contributed by atoms with E-state index in [0.29, 0.717) is 5.75 Å². The first kappa shape index (κ1) is 17.3. The third-order valence-corrected chi connectivity index (χ3v) is 2.58. The molecule has 0 aliphatic rings. The summed E-state index contributed by atoms with van der Waals surface area (Å²) in [6, 6.07) is 8.20. The van der Waals surface area contributed by atoms with Crippen molar-refractivity contribution < 1.29 is 14.6 Å². The van der Waals surface area contributed by atoms with E-state index in [9.17, 15) is 0 Å². The molecule has 0 aliphatic carbocycles. The van der Waals surface area contributed by atoms with Gasteiger partial charge in [-0.05, 0) is 51.3 Å². The Bertz CT molecular complexity index is 436. The Labute approximate surface area is 127 Å². The Balaban J connectivity index is 2.54. The van der Waals surface area contributed by atoms with Crippen molar-refractivity contribution in [2.24, 2.45) is 5.16 Å². The zero-order valence-corrected chi connectivity index (χ0v) is 13.6. The van der Waals surface area contributed by atoms with Crippen molar-refractivity contribution in [3.63, 3.8) is 0 Å². The number of hydrogen-bond acceptors (Lipinski definition) is 4. The number of aryl methyl sites for hydroxylation is 1. The number of nitrogens with zero attached hydrogens (tertiary/aromatic N) is 1. The minimum absolute atomic E-state index is 0.237. The molecule has 0 spiro atoms. The van der Waals surface area contributed by atoms with E-state index in [0.717, 1.165) is 6.42 Å². The van der Waals surface area contributed by atoms with E-state index < -0.39 is 5.60 Å². The smallest absolute Gasteiger partial charge is 0.333 e. The first-order valence-corrected chi connectivity index (χ1v) is 7.32. The molecule has 118 valence electrons. The highest BCUT2D eigenvalue weighted by atomic mass is 17.3. The number of hydrogen-bond donors (Lipinski definition) is 1. The molecule has 0 saturated heterocycles. The molecule has 1 N–H and O–H groups in total. The molecular formula is C16H26N2O3. The van der Waals surface area contributed by atoms with Crippen molar-refractivity contribution in [2.45, 2.75) is 52.6 Å². The van der Waals surface area contributed by atoms with E-state index in [-0.39, 0.29) is 6.02 Å². The summed E-state index contributed by atoms with van der Waals surface area (Å²) in [5.74, 6) is 0.697. The largest absolute Gasteiger partial charge is 0.424 e. The van der Waals surface area contributed by atoms with Gasteiger partial charge in [-0.25, -0.2) is 4.99 Å².